The van der Waals surface area contributed by atoms with Gasteiger partial charge >= 0.3 is 39.6 Å². The second-order valence-electron chi connectivity index (χ2n) is 14.2. The van der Waals surface area contributed by atoms with E-state index in [1.54, 1.807) is 11.8 Å². The number of hydrogen-bond donors (Lipinski definition) is 2. The zero-order valence-corrected chi connectivity index (χ0v) is 38.3. The van der Waals surface area contributed by atoms with Gasteiger partial charge in [-0.1, -0.05) is 77.0 Å². The third-order valence-corrected chi connectivity index (χ3v) is 12.0. The van der Waals surface area contributed by atoms with Crippen molar-refractivity contribution in [3.8, 4) is 0 Å². The Labute approximate surface area is 369 Å². The third-order valence-electron chi connectivity index (χ3n) is 10.5. The number of hydrogen-bond acceptors (Lipinski definition) is 5. The summed E-state index contributed by atoms with van der Waals surface area (Å²) >= 11 is 1.46. The van der Waals surface area contributed by atoms with Gasteiger partial charge in [0.2, 0.25) is 0 Å². The van der Waals surface area contributed by atoms with Crippen LogP contribution in [0.4, 0.5) is 13.2 Å². The van der Waals surface area contributed by atoms with Crippen LogP contribution in [0.5, 0.6) is 0 Å². The minimum absolute atomic E-state index is 0. The maximum Gasteiger partial charge on any atom is 2.00 e. The van der Waals surface area contributed by atoms with Crippen molar-refractivity contribution < 1.29 is 61.6 Å². The maximum atomic E-state index is 12.6. The van der Waals surface area contributed by atoms with Gasteiger partial charge in [0.1, 0.15) is 0 Å². The molecule has 4 saturated carbocycles. The minimum atomic E-state index is -4.35. The third kappa shape index (κ3) is 22.3. The molecule has 4 fully saturated rings. The smallest absolute Gasteiger partial charge is 0.381 e. The monoisotopic (exact) mass is 906 g/mol. The van der Waals surface area contributed by atoms with Crippen LogP contribution in [-0.4, -0.2) is 49.9 Å². The van der Waals surface area contributed by atoms with Gasteiger partial charge in [-0.15, -0.1) is 11.8 Å². The van der Waals surface area contributed by atoms with Gasteiger partial charge in [-0.05, 0) is 116 Å². The first kappa shape index (κ1) is 59.2. The number of alkyl halides is 3. The zero-order valence-electron chi connectivity index (χ0n) is 34.5. The Bertz CT molecular complexity index is 1260. The van der Waals surface area contributed by atoms with E-state index >= 15 is 0 Å². The number of halogens is 3. The first-order chi connectivity index (χ1) is 24.2. The van der Waals surface area contributed by atoms with Crippen LogP contribution in [-0.2, 0) is 38.9 Å². The van der Waals surface area contributed by atoms with Crippen molar-refractivity contribution in [2.45, 2.75) is 118 Å². The molecule has 12 heteroatoms. The molecule has 0 saturated heterocycles. The van der Waals surface area contributed by atoms with Gasteiger partial charge in [-0.25, -0.2) is 0 Å². The van der Waals surface area contributed by atoms with Gasteiger partial charge in [0, 0.05) is 47.2 Å². The average Bonchev–Trinajstić information content (AvgIpc) is 3.96. The van der Waals surface area contributed by atoms with Crippen molar-refractivity contribution in [1.29, 1.82) is 0 Å². The van der Waals surface area contributed by atoms with Crippen LogP contribution >= 0.6 is 23.5 Å². The van der Waals surface area contributed by atoms with Crippen molar-refractivity contribution >= 4 is 35.3 Å². The Kier molecular flexibility index (Phi) is 34.5. The predicted octanol–water partition coefficient (Wildman–Crippen LogP) is 12.7. The summed E-state index contributed by atoms with van der Waals surface area (Å²) in [6.45, 7) is 2.52. The average molecular weight is 907 g/mol. The molecule has 322 valence electrons. The topological polar surface area (TPSA) is 67.4 Å². The van der Waals surface area contributed by atoms with Crippen molar-refractivity contribution in [2.75, 3.05) is 32.6 Å². The number of carbonyl (C=O) groups excluding carboxylic acids is 2. The van der Waals surface area contributed by atoms with E-state index < -0.39 is 5.51 Å². The van der Waals surface area contributed by atoms with Crippen molar-refractivity contribution in [2.24, 2.45) is 23.7 Å². The summed E-state index contributed by atoms with van der Waals surface area (Å²) < 4.78 is 43.8. The Morgan fingerprint density at radius 1 is 0.571 bits per heavy atom. The van der Waals surface area contributed by atoms with Gasteiger partial charge in [0.05, 0.1) is 0 Å². The molecule has 0 spiro atoms. The van der Waals surface area contributed by atoms with E-state index in [9.17, 15) is 22.8 Å². The summed E-state index contributed by atoms with van der Waals surface area (Å²) in [6.07, 6.45) is 23.5. The van der Waals surface area contributed by atoms with E-state index in [2.05, 4.69) is 10.6 Å². The van der Waals surface area contributed by atoms with Gasteiger partial charge < -0.3 is 45.1 Å². The van der Waals surface area contributed by atoms with Crippen LogP contribution in [0.3, 0.4) is 0 Å². The summed E-state index contributed by atoms with van der Waals surface area (Å²) in [7, 11) is 0. The normalized spacial score (nSPS) is 20.6. The number of thioether (sulfide) groups is 2. The molecule has 2 N–H and O–H groups in total. The second kappa shape index (κ2) is 32.7. The standard InChI is InChI=1S/C30H37F3N2O3S2.2C5H10.4CH3.2Fe/c1-39-26-12-8-20(9-13-26)28(36)34-16-22-4-2-6-24(22)18-38-19-25-7-3-5-23(25)17-35-29(37)21-10-14-27(15-11-21)40-30(31,32)33;2*1-2-4-5-3-1;;;;;;/h8-15,22-25H,2-7,16-19H2,1H3,(H,34,36)(H,35,37);2*1-5H2;4*1H3;;/q;;;4*-1;2*+2. The van der Waals surface area contributed by atoms with Crippen molar-refractivity contribution in [1.82, 2.24) is 10.6 Å². The first-order valence-electron chi connectivity index (χ1n) is 18.9. The molecule has 0 bridgehead atoms. The van der Waals surface area contributed by atoms with E-state index in [1.807, 2.05) is 30.5 Å². The quantitative estimate of drug-likeness (QED) is 0.126. The molecule has 6 rings (SSSR count). The van der Waals surface area contributed by atoms with Crippen LogP contribution in [0.15, 0.2) is 58.3 Å². The van der Waals surface area contributed by atoms with E-state index in [1.165, 1.54) is 88.5 Å². The second-order valence-corrected chi connectivity index (χ2v) is 16.2. The molecule has 5 nitrogen and oxygen atoms in total. The molecule has 0 radical (unpaired) electrons. The molecule has 0 aromatic heterocycles. The van der Waals surface area contributed by atoms with Crippen LogP contribution < -0.4 is 10.6 Å². The molecule has 4 unspecified atom stereocenters. The molecule has 4 aliphatic carbocycles. The minimum Gasteiger partial charge on any atom is -0.381 e. The van der Waals surface area contributed by atoms with Gasteiger partial charge in [0.15, 0.2) is 0 Å². The molecule has 56 heavy (non-hydrogen) atoms. The van der Waals surface area contributed by atoms with E-state index in [4.69, 9.17) is 4.74 Å². The fourth-order valence-corrected chi connectivity index (χ4v) is 8.49. The van der Waals surface area contributed by atoms with Crippen LogP contribution in [0.2, 0.25) is 0 Å². The molecule has 2 aromatic carbocycles. The summed E-state index contributed by atoms with van der Waals surface area (Å²) in [5.74, 6) is 1.22. The molecular weight excluding hydrogens is 837 g/mol. The Hall–Kier alpha value is -1.13. The number of carbonyl (C=O) groups is 2. The summed E-state index contributed by atoms with van der Waals surface area (Å²) in [5, 5.41) is 6.07. The molecule has 2 aromatic rings. The number of nitrogens with one attached hydrogen (secondary N) is 2. The number of ether oxygens (including phenoxy) is 1. The molecule has 4 aliphatic rings. The summed E-state index contributed by atoms with van der Waals surface area (Å²) in [6, 6.07) is 13.2. The largest absolute Gasteiger partial charge is 2.00 e. The Morgan fingerprint density at radius 3 is 1.21 bits per heavy atom. The van der Waals surface area contributed by atoms with Crippen molar-refractivity contribution in [3.63, 3.8) is 0 Å². The molecule has 4 atom stereocenters. The molecular formula is C44H69F3Fe2N2O3S2. The van der Waals surface area contributed by atoms with Gasteiger partial charge in [-0.3, -0.25) is 9.59 Å². The fourth-order valence-electron chi connectivity index (χ4n) is 7.54. The summed E-state index contributed by atoms with van der Waals surface area (Å²) in [4.78, 5) is 26.3. The SMILES string of the molecule is C1CCCC1.C1CCCC1.CSc1ccc(C(=O)NCC2CCCC2COCC2CCCC2CNC(=O)c2ccc(SC(F)(F)F)cc2)cc1.[CH3-].[CH3-].[CH3-].[CH3-].[Fe+2].[Fe+2]. The van der Waals surface area contributed by atoms with Gasteiger partial charge in [-0.2, -0.15) is 13.2 Å². The molecule has 2 amide bonds. The zero-order chi connectivity index (χ0) is 35.6. The van der Waals surface area contributed by atoms with Crippen LogP contribution in [0.1, 0.15) is 123 Å². The van der Waals surface area contributed by atoms with E-state index in [0.29, 0.717) is 61.1 Å². The first-order valence-corrected chi connectivity index (χ1v) is 20.9. The van der Waals surface area contributed by atoms with Gasteiger partial charge in [0.25, 0.3) is 11.8 Å². The molecule has 0 aliphatic heterocycles. The number of rotatable bonds is 12. The van der Waals surface area contributed by atoms with E-state index in [0.717, 1.165) is 43.4 Å². The van der Waals surface area contributed by atoms with Crippen LogP contribution in [0.25, 0.3) is 0 Å². The van der Waals surface area contributed by atoms with Crippen LogP contribution in [0, 0.1) is 53.4 Å². The van der Waals surface area contributed by atoms with E-state index in [-0.39, 0.29) is 92.3 Å². The molecule has 0 heterocycles. The Morgan fingerprint density at radius 2 is 0.893 bits per heavy atom. The summed E-state index contributed by atoms with van der Waals surface area (Å²) in [5.41, 5.74) is -3.31. The number of amides is 2. The fraction of sp³-hybridized carbons (Fsp3) is 0.591. The van der Waals surface area contributed by atoms with Crippen molar-refractivity contribution in [3.05, 3.63) is 89.4 Å². The number of benzene rings is 2. The predicted molar refractivity (Wildman–Crippen MR) is 226 cm³/mol. The maximum absolute atomic E-state index is 12.6. The Balaban J connectivity index is -0.00000153.